The van der Waals surface area contributed by atoms with Crippen LogP contribution in [0.4, 0.5) is 4.79 Å². The molecule has 2 aromatic carbocycles. The maximum atomic E-state index is 12.9. The van der Waals surface area contributed by atoms with E-state index in [0.717, 1.165) is 18.4 Å². The van der Waals surface area contributed by atoms with Gasteiger partial charge in [0.05, 0.1) is 18.2 Å². The lowest BCUT2D eigenvalue weighted by Crippen LogP contribution is -2.41. The molecule has 1 heterocycles. The number of hydrogen-bond donors (Lipinski definition) is 1. The summed E-state index contributed by atoms with van der Waals surface area (Å²) in [5, 5.41) is 11.6. The van der Waals surface area contributed by atoms with Crippen molar-refractivity contribution in [1.29, 1.82) is 5.26 Å². The molecule has 2 aromatic rings. The number of aryl methyl sites for hydroxylation is 1. The van der Waals surface area contributed by atoms with Crippen molar-refractivity contribution in [2.24, 2.45) is 0 Å². The van der Waals surface area contributed by atoms with Gasteiger partial charge in [-0.25, -0.2) is 4.79 Å². The smallest absolute Gasteiger partial charge is 0.325 e. The van der Waals surface area contributed by atoms with Gasteiger partial charge in [0.25, 0.3) is 5.91 Å². The first-order valence-corrected chi connectivity index (χ1v) is 9.34. The SMILES string of the molecule is CCCc1ccc(C2(C)NC(=O)N(CCOc3ccc(C#N)cc3)C2=O)cc1. The van der Waals surface area contributed by atoms with Gasteiger partial charge in [-0.3, -0.25) is 9.69 Å². The Kier molecular flexibility index (Phi) is 5.65. The van der Waals surface area contributed by atoms with Crippen LogP contribution in [0.1, 0.15) is 37.0 Å². The molecule has 0 spiro atoms. The van der Waals surface area contributed by atoms with Crippen molar-refractivity contribution in [2.45, 2.75) is 32.2 Å². The second-order valence-corrected chi connectivity index (χ2v) is 6.94. The molecule has 1 aliphatic rings. The van der Waals surface area contributed by atoms with Crippen LogP contribution in [0.2, 0.25) is 0 Å². The number of ether oxygens (including phenoxy) is 1. The second-order valence-electron chi connectivity index (χ2n) is 6.94. The highest BCUT2D eigenvalue weighted by molar-refractivity contribution is 6.07. The Labute approximate surface area is 164 Å². The third kappa shape index (κ3) is 3.84. The molecule has 1 N–H and O–H groups in total. The third-order valence-electron chi connectivity index (χ3n) is 4.91. The number of benzene rings is 2. The number of nitriles is 1. The normalized spacial score (nSPS) is 18.7. The Morgan fingerprint density at radius 3 is 2.39 bits per heavy atom. The molecule has 1 aliphatic heterocycles. The molecule has 28 heavy (non-hydrogen) atoms. The summed E-state index contributed by atoms with van der Waals surface area (Å²) in [5.74, 6) is 0.296. The number of nitrogens with zero attached hydrogens (tertiary/aromatic N) is 2. The van der Waals surface area contributed by atoms with E-state index in [4.69, 9.17) is 10.00 Å². The fraction of sp³-hybridized carbons (Fsp3) is 0.318. The van der Waals surface area contributed by atoms with Crippen molar-refractivity contribution in [2.75, 3.05) is 13.2 Å². The lowest BCUT2D eigenvalue weighted by molar-refractivity contribution is -0.131. The van der Waals surface area contributed by atoms with Crippen LogP contribution < -0.4 is 10.1 Å². The number of amides is 3. The summed E-state index contributed by atoms with van der Waals surface area (Å²) in [5.41, 5.74) is 1.44. The van der Waals surface area contributed by atoms with Gasteiger partial charge in [-0.1, -0.05) is 37.6 Å². The molecular formula is C22H23N3O3. The molecule has 1 atom stereocenters. The van der Waals surface area contributed by atoms with Crippen molar-refractivity contribution in [3.05, 3.63) is 65.2 Å². The van der Waals surface area contributed by atoms with E-state index < -0.39 is 11.6 Å². The Morgan fingerprint density at radius 1 is 1.11 bits per heavy atom. The summed E-state index contributed by atoms with van der Waals surface area (Å²) in [4.78, 5) is 26.5. The summed E-state index contributed by atoms with van der Waals surface area (Å²) in [6.45, 7) is 4.17. The Bertz CT molecular complexity index is 900. The predicted molar refractivity (Wildman–Crippen MR) is 105 cm³/mol. The van der Waals surface area contributed by atoms with Gasteiger partial charge in [0.15, 0.2) is 0 Å². The first kappa shape index (κ1) is 19.4. The summed E-state index contributed by atoms with van der Waals surface area (Å²) in [7, 11) is 0. The zero-order chi connectivity index (χ0) is 20.1. The molecule has 0 saturated carbocycles. The van der Waals surface area contributed by atoms with Crippen LogP contribution in [0, 0.1) is 11.3 Å². The van der Waals surface area contributed by atoms with Gasteiger partial charge in [-0.05, 0) is 48.7 Å². The molecular weight excluding hydrogens is 354 g/mol. The van der Waals surface area contributed by atoms with Crippen molar-refractivity contribution in [3.8, 4) is 11.8 Å². The van der Waals surface area contributed by atoms with E-state index in [1.54, 1.807) is 31.2 Å². The van der Waals surface area contributed by atoms with Crippen LogP contribution >= 0.6 is 0 Å². The quantitative estimate of drug-likeness (QED) is 0.750. The number of rotatable bonds is 7. The summed E-state index contributed by atoms with van der Waals surface area (Å²) in [6, 6.07) is 16.1. The highest BCUT2D eigenvalue weighted by Gasteiger charge is 2.48. The molecule has 0 aliphatic carbocycles. The molecule has 6 heteroatoms. The van der Waals surface area contributed by atoms with E-state index in [0.29, 0.717) is 11.3 Å². The van der Waals surface area contributed by atoms with Gasteiger partial charge in [0, 0.05) is 0 Å². The lowest BCUT2D eigenvalue weighted by Gasteiger charge is -2.22. The first-order chi connectivity index (χ1) is 13.5. The molecule has 1 saturated heterocycles. The molecule has 0 aromatic heterocycles. The van der Waals surface area contributed by atoms with E-state index in [-0.39, 0.29) is 19.1 Å². The minimum absolute atomic E-state index is 0.147. The highest BCUT2D eigenvalue weighted by Crippen LogP contribution is 2.29. The van der Waals surface area contributed by atoms with E-state index in [9.17, 15) is 9.59 Å². The number of urea groups is 1. The lowest BCUT2D eigenvalue weighted by atomic mass is 9.91. The highest BCUT2D eigenvalue weighted by atomic mass is 16.5. The minimum Gasteiger partial charge on any atom is -0.492 e. The molecule has 6 nitrogen and oxygen atoms in total. The summed E-state index contributed by atoms with van der Waals surface area (Å²) in [6.07, 6.45) is 2.04. The van der Waals surface area contributed by atoms with Crippen LogP contribution in [-0.4, -0.2) is 30.0 Å². The molecule has 0 radical (unpaired) electrons. The van der Waals surface area contributed by atoms with Gasteiger partial charge in [0.2, 0.25) is 0 Å². The van der Waals surface area contributed by atoms with Crippen molar-refractivity contribution in [3.63, 3.8) is 0 Å². The van der Waals surface area contributed by atoms with Gasteiger partial charge in [-0.2, -0.15) is 5.26 Å². The summed E-state index contributed by atoms with van der Waals surface area (Å²) < 4.78 is 5.60. The molecule has 3 amide bonds. The standard InChI is InChI=1S/C22H23N3O3/c1-3-4-16-5-9-18(10-6-16)22(2)20(26)25(21(27)24-22)13-14-28-19-11-7-17(15-23)8-12-19/h5-12H,3-4,13-14H2,1-2H3,(H,24,27). The number of nitrogens with one attached hydrogen (secondary N) is 1. The van der Waals surface area contributed by atoms with E-state index >= 15 is 0 Å². The van der Waals surface area contributed by atoms with E-state index in [1.165, 1.54) is 10.5 Å². The summed E-state index contributed by atoms with van der Waals surface area (Å²) >= 11 is 0. The van der Waals surface area contributed by atoms with Crippen molar-refractivity contribution in [1.82, 2.24) is 10.2 Å². The van der Waals surface area contributed by atoms with Crippen molar-refractivity contribution < 1.29 is 14.3 Å². The minimum atomic E-state index is -1.07. The van der Waals surface area contributed by atoms with Gasteiger partial charge < -0.3 is 10.1 Å². The zero-order valence-electron chi connectivity index (χ0n) is 16.1. The van der Waals surface area contributed by atoms with Crippen LogP contribution in [0.15, 0.2) is 48.5 Å². The fourth-order valence-electron chi connectivity index (χ4n) is 3.27. The number of hydrogen-bond acceptors (Lipinski definition) is 4. The predicted octanol–water partition coefficient (Wildman–Crippen LogP) is 3.36. The van der Waals surface area contributed by atoms with Gasteiger partial charge in [-0.15, -0.1) is 0 Å². The maximum Gasteiger partial charge on any atom is 0.325 e. The molecule has 144 valence electrons. The topological polar surface area (TPSA) is 82.4 Å². The largest absolute Gasteiger partial charge is 0.492 e. The third-order valence-corrected chi connectivity index (χ3v) is 4.91. The van der Waals surface area contributed by atoms with E-state index in [2.05, 4.69) is 12.2 Å². The molecule has 0 bridgehead atoms. The van der Waals surface area contributed by atoms with Crippen LogP contribution in [0.3, 0.4) is 0 Å². The Morgan fingerprint density at radius 2 is 1.79 bits per heavy atom. The average molecular weight is 377 g/mol. The Hall–Kier alpha value is -3.33. The van der Waals surface area contributed by atoms with Gasteiger partial charge in [0.1, 0.15) is 17.9 Å². The average Bonchev–Trinajstić information content (AvgIpc) is 2.93. The van der Waals surface area contributed by atoms with E-state index in [1.807, 2.05) is 30.3 Å². The number of imide groups is 1. The van der Waals surface area contributed by atoms with Crippen molar-refractivity contribution >= 4 is 11.9 Å². The molecule has 3 rings (SSSR count). The van der Waals surface area contributed by atoms with Crippen LogP contribution in [0.25, 0.3) is 0 Å². The maximum absolute atomic E-state index is 12.9. The van der Waals surface area contributed by atoms with Gasteiger partial charge >= 0.3 is 6.03 Å². The number of carbonyl (C=O) groups excluding carboxylic acids is 2. The number of carbonyl (C=O) groups is 2. The van der Waals surface area contributed by atoms with Crippen LogP contribution in [-0.2, 0) is 16.8 Å². The fourth-order valence-corrected chi connectivity index (χ4v) is 3.27. The first-order valence-electron chi connectivity index (χ1n) is 9.34. The monoisotopic (exact) mass is 377 g/mol. The molecule has 1 fully saturated rings. The molecule has 1 unspecified atom stereocenters. The Balaban J connectivity index is 1.64. The van der Waals surface area contributed by atoms with Crippen LogP contribution in [0.5, 0.6) is 5.75 Å². The zero-order valence-corrected chi connectivity index (χ0v) is 16.1. The second kappa shape index (κ2) is 8.13.